The summed E-state index contributed by atoms with van der Waals surface area (Å²) in [5.74, 6) is 0.850. The predicted octanol–water partition coefficient (Wildman–Crippen LogP) is 3.46. The zero-order valence-corrected chi connectivity index (χ0v) is 19.0. The van der Waals surface area contributed by atoms with E-state index < -0.39 is 10.0 Å². The van der Waals surface area contributed by atoms with Crippen molar-refractivity contribution in [2.75, 3.05) is 43.2 Å². The van der Waals surface area contributed by atoms with Crippen LogP contribution in [0.5, 0.6) is 17.2 Å². The Morgan fingerprint density at radius 3 is 2.32 bits per heavy atom. The number of benzene rings is 2. The molecule has 0 aliphatic carbocycles. The van der Waals surface area contributed by atoms with Gasteiger partial charge in [-0.2, -0.15) is 0 Å². The highest BCUT2D eigenvalue weighted by atomic mass is 32.2. The lowest BCUT2D eigenvalue weighted by Gasteiger charge is -2.31. The normalized spacial score (nSPS) is 13.4. The van der Waals surface area contributed by atoms with Crippen molar-refractivity contribution in [2.45, 2.75) is 26.2 Å². The SMILES string of the molecule is CCCS(=O)(=O)N1CCCc2ccc(NC(=O)c3cc(OC)c(OC)c(OC)c3)cc21. The maximum absolute atomic E-state index is 12.9. The molecule has 1 amide bonds. The summed E-state index contributed by atoms with van der Waals surface area (Å²) in [5.41, 5.74) is 2.41. The largest absolute Gasteiger partial charge is 0.493 e. The molecule has 0 bridgehead atoms. The number of methoxy groups -OCH3 is 3. The number of sulfonamides is 1. The summed E-state index contributed by atoms with van der Waals surface area (Å²) in [6.07, 6.45) is 2.12. The van der Waals surface area contributed by atoms with E-state index in [4.69, 9.17) is 14.2 Å². The standard InChI is InChI=1S/C22H28N2O6S/c1-5-11-31(26,27)24-10-6-7-15-8-9-17(14-18(15)24)23-22(25)16-12-19(28-2)21(30-4)20(13-16)29-3/h8-9,12-14H,5-7,10-11H2,1-4H3,(H,23,25). The van der Waals surface area contributed by atoms with Crippen LogP contribution in [-0.2, 0) is 16.4 Å². The molecule has 0 saturated carbocycles. The number of fused-ring (bicyclic) bond motifs is 1. The van der Waals surface area contributed by atoms with Gasteiger partial charge in [-0.3, -0.25) is 9.10 Å². The number of ether oxygens (including phenoxy) is 3. The van der Waals surface area contributed by atoms with E-state index in [-0.39, 0.29) is 11.7 Å². The van der Waals surface area contributed by atoms with E-state index in [9.17, 15) is 13.2 Å². The summed E-state index contributed by atoms with van der Waals surface area (Å²) in [4.78, 5) is 12.9. The molecule has 0 atom stereocenters. The summed E-state index contributed by atoms with van der Waals surface area (Å²) in [5, 5.41) is 2.84. The number of hydrogen-bond acceptors (Lipinski definition) is 6. The fourth-order valence-corrected chi connectivity index (χ4v) is 5.30. The Bertz CT molecular complexity index is 1040. The van der Waals surface area contributed by atoms with Gasteiger partial charge in [0.1, 0.15) is 0 Å². The Balaban J connectivity index is 1.91. The van der Waals surface area contributed by atoms with Gasteiger partial charge in [-0.15, -0.1) is 0 Å². The van der Waals surface area contributed by atoms with E-state index in [1.54, 1.807) is 24.3 Å². The maximum atomic E-state index is 12.9. The van der Waals surface area contributed by atoms with Crippen LogP contribution in [0.2, 0.25) is 0 Å². The van der Waals surface area contributed by atoms with Crippen LogP contribution in [0.4, 0.5) is 11.4 Å². The number of nitrogens with one attached hydrogen (secondary N) is 1. The van der Waals surface area contributed by atoms with Crippen LogP contribution in [-0.4, -0.2) is 48.0 Å². The van der Waals surface area contributed by atoms with Crippen LogP contribution < -0.4 is 23.8 Å². The Kier molecular flexibility index (Phi) is 6.94. The first-order valence-corrected chi connectivity index (χ1v) is 11.7. The molecule has 0 aromatic heterocycles. The Hall–Kier alpha value is -2.94. The molecule has 8 nitrogen and oxygen atoms in total. The maximum Gasteiger partial charge on any atom is 0.255 e. The minimum atomic E-state index is -3.40. The molecule has 9 heteroatoms. The van der Waals surface area contributed by atoms with Gasteiger partial charge in [-0.25, -0.2) is 8.42 Å². The van der Waals surface area contributed by atoms with Crippen molar-refractivity contribution in [1.29, 1.82) is 0 Å². The second kappa shape index (κ2) is 9.47. The van der Waals surface area contributed by atoms with E-state index in [0.29, 0.717) is 47.2 Å². The molecule has 31 heavy (non-hydrogen) atoms. The molecular formula is C22H28N2O6S. The first kappa shape index (κ1) is 22.7. The monoisotopic (exact) mass is 448 g/mol. The van der Waals surface area contributed by atoms with Crippen LogP contribution in [0.25, 0.3) is 0 Å². The molecule has 1 heterocycles. The minimum absolute atomic E-state index is 0.0917. The smallest absolute Gasteiger partial charge is 0.255 e. The Morgan fingerprint density at radius 1 is 1.06 bits per heavy atom. The topological polar surface area (TPSA) is 94.2 Å². The quantitative estimate of drug-likeness (QED) is 0.665. The van der Waals surface area contributed by atoms with Crippen molar-refractivity contribution in [3.8, 4) is 17.2 Å². The molecular weight excluding hydrogens is 420 g/mol. The molecule has 0 spiro atoms. The zero-order chi connectivity index (χ0) is 22.6. The molecule has 0 unspecified atom stereocenters. The van der Waals surface area contributed by atoms with Crippen LogP contribution in [0.1, 0.15) is 35.7 Å². The van der Waals surface area contributed by atoms with Crippen molar-refractivity contribution in [1.82, 2.24) is 0 Å². The van der Waals surface area contributed by atoms with Gasteiger partial charge in [-0.1, -0.05) is 13.0 Å². The van der Waals surface area contributed by atoms with Gasteiger partial charge in [0, 0.05) is 17.8 Å². The molecule has 1 aliphatic heterocycles. The average Bonchev–Trinajstić information content (AvgIpc) is 2.77. The van der Waals surface area contributed by atoms with Crippen molar-refractivity contribution < 1.29 is 27.4 Å². The van der Waals surface area contributed by atoms with E-state index in [1.165, 1.54) is 25.6 Å². The molecule has 3 rings (SSSR count). The molecule has 0 saturated heterocycles. The number of aryl methyl sites for hydroxylation is 1. The number of carbonyl (C=O) groups is 1. The minimum Gasteiger partial charge on any atom is -0.493 e. The molecule has 0 fully saturated rings. The lowest BCUT2D eigenvalue weighted by Crippen LogP contribution is -2.37. The second-order valence-corrected chi connectivity index (χ2v) is 9.22. The Labute approximate surface area is 183 Å². The van der Waals surface area contributed by atoms with Gasteiger partial charge in [0.25, 0.3) is 5.91 Å². The Morgan fingerprint density at radius 2 is 1.74 bits per heavy atom. The number of anilines is 2. The number of hydrogen-bond donors (Lipinski definition) is 1. The summed E-state index contributed by atoms with van der Waals surface area (Å²) < 4.78 is 42.8. The highest BCUT2D eigenvalue weighted by Gasteiger charge is 2.27. The number of rotatable bonds is 8. The van der Waals surface area contributed by atoms with Crippen molar-refractivity contribution in [2.24, 2.45) is 0 Å². The fraction of sp³-hybridized carbons (Fsp3) is 0.409. The first-order valence-electron chi connectivity index (χ1n) is 10.1. The molecule has 0 radical (unpaired) electrons. The third-order valence-electron chi connectivity index (χ3n) is 5.14. The first-order chi connectivity index (χ1) is 14.8. The van der Waals surface area contributed by atoms with Crippen LogP contribution in [0.3, 0.4) is 0 Å². The van der Waals surface area contributed by atoms with Crippen LogP contribution in [0, 0.1) is 0 Å². The van der Waals surface area contributed by atoms with Gasteiger partial charge >= 0.3 is 0 Å². The second-order valence-electron chi connectivity index (χ2n) is 7.20. The summed E-state index contributed by atoms with van der Waals surface area (Å²) in [6.45, 7) is 2.29. The summed E-state index contributed by atoms with van der Waals surface area (Å²) in [7, 11) is 1.06. The highest BCUT2D eigenvalue weighted by Crippen LogP contribution is 2.38. The number of amides is 1. The fourth-order valence-electron chi connectivity index (χ4n) is 3.69. The molecule has 168 valence electrons. The zero-order valence-electron chi connectivity index (χ0n) is 18.2. The van der Waals surface area contributed by atoms with Gasteiger partial charge in [0.2, 0.25) is 15.8 Å². The average molecular weight is 449 g/mol. The van der Waals surface area contributed by atoms with Gasteiger partial charge in [0.15, 0.2) is 11.5 Å². The predicted molar refractivity (Wildman–Crippen MR) is 120 cm³/mol. The molecule has 2 aromatic carbocycles. The lowest BCUT2D eigenvalue weighted by atomic mass is 10.0. The van der Waals surface area contributed by atoms with Gasteiger partial charge in [0.05, 0.1) is 32.8 Å². The van der Waals surface area contributed by atoms with E-state index in [1.807, 2.05) is 13.0 Å². The number of nitrogens with zero attached hydrogens (tertiary/aromatic N) is 1. The molecule has 2 aromatic rings. The van der Waals surface area contributed by atoms with Crippen molar-refractivity contribution in [3.63, 3.8) is 0 Å². The lowest BCUT2D eigenvalue weighted by molar-refractivity contribution is 0.102. The van der Waals surface area contributed by atoms with Crippen molar-refractivity contribution in [3.05, 3.63) is 41.5 Å². The summed E-state index contributed by atoms with van der Waals surface area (Å²) in [6, 6.07) is 8.50. The molecule has 1 N–H and O–H groups in total. The van der Waals surface area contributed by atoms with Gasteiger partial charge < -0.3 is 19.5 Å². The van der Waals surface area contributed by atoms with E-state index in [2.05, 4.69) is 5.32 Å². The highest BCUT2D eigenvalue weighted by molar-refractivity contribution is 7.92. The van der Waals surface area contributed by atoms with E-state index >= 15 is 0 Å². The van der Waals surface area contributed by atoms with Crippen LogP contribution >= 0.6 is 0 Å². The molecule has 1 aliphatic rings. The number of carbonyl (C=O) groups excluding carboxylic acids is 1. The third kappa shape index (κ3) is 4.71. The summed E-state index contributed by atoms with van der Waals surface area (Å²) >= 11 is 0. The van der Waals surface area contributed by atoms with Gasteiger partial charge in [-0.05, 0) is 49.1 Å². The third-order valence-corrected chi connectivity index (χ3v) is 7.12. The van der Waals surface area contributed by atoms with E-state index in [0.717, 1.165) is 18.4 Å². The van der Waals surface area contributed by atoms with Crippen LogP contribution in [0.15, 0.2) is 30.3 Å². The van der Waals surface area contributed by atoms with Crippen molar-refractivity contribution >= 4 is 27.3 Å².